The van der Waals surface area contributed by atoms with Crippen molar-refractivity contribution in [2.45, 2.75) is 105 Å². The molecule has 0 spiro atoms. The van der Waals surface area contributed by atoms with Crippen molar-refractivity contribution in [2.75, 3.05) is 34.3 Å². The summed E-state index contributed by atoms with van der Waals surface area (Å²) < 4.78 is 12.0. The van der Waals surface area contributed by atoms with E-state index in [1.54, 1.807) is 0 Å². The standard InChI is InChI=1S/C27H38N2.C24H23N2O2.2ClH.Ru/c1-18(2)22-11-9-12-23(19(3)4)26(22)28-15-16-29(17-28)27-24(20(5)6)13-10-14-25(27)21(7)8;1-3-21-17-26(22-9-7-8-18(2)23(22)28-21)24(27)20-12-10-19(11-13-20)16-25-14-5-4-6-15-25;;;/h9-14,18-21H,15-16H2,1-8H3;2,4-15,21H,3,16-17H2,1H3;2*1H;/q;+1;;;+2/p-2. The van der Waals surface area contributed by atoms with E-state index < -0.39 is 11.9 Å². The Bertz CT molecular complexity index is 2340. The second-order valence-corrected chi connectivity index (χ2v) is 26.5. The summed E-state index contributed by atoms with van der Waals surface area (Å²) in [6.07, 6.45) is 4.64. The molecule has 0 aliphatic carbocycles. The van der Waals surface area contributed by atoms with Gasteiger partial charge in [-0.1, -0.05) is 6.07 Å². The van der Waals surface area contributed by atoms with Gasteiger partial charge in [-0.05, 0) is 0 Å². The third-order valence-electron chi connectivity index (χ3n) is 11.7. The van der Waals surface area contributed by atoms with E-state index in [-0.39, 0.29) is 12.0 Å². The molecule has 1 atom stereocenters. The number of carbonyl (C=O) groups excluding carboxylic acids is 1. The van der Waals surface area contributed by atoms with Crippen molar-refractivity contribution in [3.63, 3.8) is 0 Å². The average Bonchev–Trinajstić information content (AvgIpc) is 3.69. The van der Waals surface area contributed by atoms with Crippen LogP contribution in [0.4, 0.5) is 17.1 Å². The number of rotatable bonds is 11. The number of aromatic nitrogens is 1. The zero-order valence-corrected chi connectivity index (χ0v) is 39.9. The summed E-state index contributed by atoms with van der Waals surface area (Å²) in [6.45, 7) is 22.9. The topological polar surface area (TPSA) is 39.9 Å². The second-order valence-electron chi connectivity index (χ2n) is 17.3. The van der Waals surface area contributed by atoms with Gasteiger partial charge in [-0.2, -0.15) is 0 Å². The van der Waals surface area contributed by atoms with Crippen LogP contribution in [-0.2, 0) is 18.4 Å². The molecule has 1 fully saturated rings. The Morgan fingerprint density at radius 1 is 0.717 bits per heavy atom. The number of ether oxygens (including phenoxy) is 1. The molecular weight excluding hydrogens is 873 g/mol. The van der Waals surface area contributed by atoms with E-state index in [2.05, 4.69) is 118 Å². The molecule has 9 heteroatoms. The third-order valence-corrected chi connectivity index (χ3v) is 17.2. The zero-order chi connectivity index (χ0) is 42.9. The van der Waals surface area contributed by atoms with Crippen LogP contribution in [-0.4, -0.2) is 40.6 Å². The molecule has 0 N–H and O–H groups in total. The normalized spacial score (nSPS) is 15.9. The second kappa shape index (κ2) is 18.4. The van der Waals surface area contributed by atoms with Crippen LogP contribution >= 0.6 is 19.4 Å². The van der Waals surface area contributed by atoms with Crippen LogP contribution in [0.2, 0.25) is 0 Å². The molecule has 1 unspecified atom stereocenters. The molecule has 6 nitrogen and oxygen atoms in total. The molecule has 0 radical (unpaired) electrons. The summed E-state index contributed by atoms with van der Waals surface area (Å²) in [7, 11) is 16.2. The Morgan fingerprint density at radius 3 is 1.70 bits per heavy atom. The maximum atomic E-state index is 14.4. The van der Waals surface area contributed by atoms with E-state index in [0.29, 0.717) is 41.5 Å². The average molecular weight is 934 g/mol. The fraction of sp³-hybridized carbons (Fsp3) is 0.373. The van der Waals surface area contributed by atoms with Gasteiger partial charge in [0.15, 0.2) is 12.4 Å². The molecule has 0 bridgehead atoms. The number of hydrogen-bond acceptors (Lipinski definition) is 4. The molecule has 1 aromatic heterocycles. The van der Waals surface area contributed by atoms with Gasteiger partial charge < -0.3 is 0 Å². The number of halogens is 2. The number of benzene rings is 4. The predicted molar refractivity (Wildman–Crippen MR) is 251 cm³/mol. The van der Waals surface area contributed by atoms with Crippen LogP contribution < -0.4 is 24.0 Å². The van der Waals surface area contributed by atoms with E-state index in [1.807, 2.05) is 78.0 Å². The van der Waals surface area contributed by atoms with E-state index >= 15 is 0 Å². The van der Waals surface area contributed by atoms with Crippen molar-refractivity contribution in [3.8, 4) is 5.75 Å². The van der Waals surface area contributed by atoms with Crippen LogP contribution in [0, 0.1) is 0 Å². The molecule has 4 aromatic carbocycles. The first-order valence-electron chi connectivity index (χ1n) is 21.5. The van der Waals surface area contributed by atoms with Crippen molar-refractivity contribution >= 4 is 51.3 Å². The minimum atomic E-state index is -4.03. The molecule has 2 aliphatic rings. The van der Waals surface area contributed by atoms with Crippen LogP contribution in [0.5, 0.6) is 5.75 Å². The monoisotopic (exact) mass is 933 g/mol. The number of para-hydroxylation sites is 3. The van der Waals surface area contributed by atoms with E-state index in [4.69, 9.17) is 24.1 Å². The van der Waals surface area contributed by atoms with Crippen molar-refractivity contribution < 1.29 is 26.0 Å². The fourth-order valence-corrected chi connectivity index (χ4v) is 14.6. The summed E-state index contributed by atoms with van der Waals surface area (Å²) in [4.78, 5) is 21.3. The van der Waals surface area contributed by atoms with Crippen molar-refractivity contribution in [2.24, 2.45) is 0 Å². The van der Waals surface area contributed by atoms with Crippen LogP contribution in [0.25, 0.3) is 0 Å². The van der Waals surface area contributed by atoms with Gasteiger partial charge in [-0.25, -0.2) is 0 Å². The zero-order valence-electron chi connectivity index (χ0n) is 36.6. The first-order valence-corrected chi connectivity index (χ1v) is 27.8. The fourth-order valence-electron chi connectivity index (χ4n) is 8.55. The molecule has 1 saturated heterocycles. The molecule has 7 rings (SSSR count). The van der Waals surface area contributed by atoms with Crippen LogP contribution in [0.15, 0.2) is 109 Å². The van der Waals surface area contributed by atoms with Crippen LogP contribution in [0.1, 0.15) is 136 Å². The van der Waals surface area contributed by atoms with Gasteiger partial charge in [0, 0.05) is 12.1 Å². The van der Waals surface area contributed by atoms with E-state index in [0.717, 1.165) is 47.2 Å². The number of nitrogens with zero attached hydrogens (tertiary/aromatic N) is 4. The molecular formula is C51H61Cl2N4O2Ru+. The van der Waals surface area contributed by atoms with Crippen molar-refractivity contribution in [1.29, 1.82) is 0 Å². The van der Waals surface area contributed by atoms with Crippen LogP contribution in [0.3, 0.4) is 0 Å². The summed E-state index contributed by atoms with van der Waals surface area (Å²) in [5.41, 5.74) is 10.9. The quantitative estimate of drug-likeness (QED) is 0.0977. The number of fused-ring (bicyclic) bond motifs is 1. The Labute approximate surface area is 368 Å². The molecule has 0 saturated carbocycles. The maximum absolute atomic E-state index is 14.4. The Morgan fingerprint density at radius 2 is 1.22 bits per heavy atom. The van der Waals surface area contributed by atoms with Crippen molar-refractivity contribution in [3.05, 3.63) is 148 Å². The van der Waals surface area contributed by atoms with Gasteiger partial charge in [0.25, 0.3) is 0 Å². The Hall–Kier alpha value is -4.16. The first kappa shape index (κ1) is 43.9. The van der Waals surface area contributed by atoms with Gasteiger partial charge in [-0.15, -0.1) is 0 Å². The van der Waals surface area contributed by atoms with E-state index in [9.17, 15) is 4.79 Å². The molecule has 3 heterocycles. The molecule has 1 amide bonds. The third kappa shape index (κ3) is 8.92. The number of pyridine rings is 1. The van der Waals surface area contributed by atoms with Crippen molar-refractivity contribution in [1.82, 2.24) is 0 Å². The minimum absolute atomic E-state index is 0.0578. The Kier molecular flexibility index (Phi) is 13.5. The van der Waals surface area contributed by atoms with Gasteiger partial charge in [0.05, 0.1) is 0 Å². The SMILES string of the molecule is CCC1CN(C(=O)c2ccc(C[n+]3ccccc3)cc2)c2cccc([CH]=[Ru]([Cl])([Cl])=[C]3N(c4c(C(C)C)cccc4C(C)C)CCN3c3c(C(C)C)cccc3C(C)C)c2O1. The first-order chi connectivity index (χ1) is 28.7. The van der Waals surface area contributed by atoms with Gasteiger partial charge in [-0.3, -0.25) is 0 Å². The number of hydrogen-bond donors (Lipinski definition) is 0. The molecule has 2 aliphatic heterocycles. The molecule has 318 valence electrons. The number of anilines is 3. The van der Waals surface area contributed by atoms with Gasteiger partial charge in [0.1, 0.15) is 0 Å². The summed E-state index contributed by atoms with van der Waals surface area (Å²) in [5.74, 6) is 1.76. The van der Waals surface area contributed by atoms with Gasteiger partial charge >= 0.3 is 340 Å². The predicted octanol–water partition coefficient (Wildman–Crippen LogP) is 12.1. The summed E-state index contributed by atoms with van der Waals surface area (Å²) in [5, 5.41) is 0. The molecule has 60 heavy (non-hydrogen) atoms. The number of carbonyl (C=O) groups is 1. The Balaban J connectivity index is 1.41. The summed E-state index contributed by atoms with van der Waals surface area (Å²) in [6, 6.07) is 33.5. The summed E-state index contributed by atoms with van der Waals surface area (Å²) >= 11 is -4.03. The molecule has 5 aromatic rings. The number of amides is 1. The van der Waals surface area contributed by atoms with Gasteiger partial charge in [0.2, 0.25) is 0 Å². The van der Waals surface area contributed by atoms with E-state index in [1.165, 1.54) is 33.6 Å².